The number of nitriles is 1. The van der Waals surface area contributed by atoms with Gasteiger partial charge in [-0.1, -0.05) is 24.3 Å². The molecule has 0 spiro atoms. The van der Waals surface area contributed by atoms with Gasteiger partial charge in [-0.3, -0.25) is 4.68 Å². The maximum atomic E-state index is 8.98. The average molecular weight is 358 g/mol. The highest BCUT2D eigenvalue weighted by molar-refractivity contribution is 5.71. The van der Waals surface area contributed by atoms with E-state index < -0.39 is 0 Å². The number of hydrogen-bond donors (Lipinski definition) is 0. The van der Waals surface area contributed by atoms with Gasteiger partial charge in [-0.25, -0.2) is 4.98 Å². The van der Waals surface area contributed by atoms with Gasteiger partial charge >= 0.3 is 0 Å². The molecule has 27 heavy (non-hydrogen) atoms. The summed E-state index contributed by atoms with van der Waals surface area (Å²) >= 11 is 0. The molecule has 3 aromatic rings. The summed E-state index contributed by atoms with van der Waals surface area (Å²) in [6.45, 7) is 2.05. The smallest absolute Gasteiger partial charge is 0.140 e. The van der Waals surface area contributed by atoms with Gasteiger partial charge < -0.3 is 4.74 Å². The van der Waals surface area contributed by atoms with Crippen LogP contribution in [0, 0.1) is 24.2 Å². The molecule has 1 saturated carbocycles. The van der Waals surface area contributed by atoms with E-state index in [0.717, 1.165) is 47.4 Å². The quantitative estimate of drug-likeness (QED) is 0.681. The summed E-state index contributed by atoms with van der Waals surface area (Å²) in [6, 6.07) is 14.4. The number of ether oxygens (including phenoxy) is 1. The molecule has 0 radical (unpaired) electrons. The van der Waals surface area contributed by atoms with E-state index >= 15 is 0 Å². The normalized spacial score (nSPS) is 18.6. The highest BCUT2D eigenvalue weighted by Gasteiger charge is 2.31. The van der Waals surface area contributed by atoms with E-state index in [1.807, 2.05) is 24.4 Å². The van der Waals surface area contributed by atoms with Gasteiger partial charge in [0.05, 0.1) is 19.3 Å². The van der Waals surface area contributed by atoms with Crippen LogP contribution in [-0.4, -0.2) is 21.9 Å². The topological polar surface area (TPSA) is 63.7 Å². The molecule has 2 aromatic heterocycles. The molecule has 2 heterocycles. The molecule has 5 heteroatoms. The number of nitrogens with zero attached hydrogens (tertiary/aromatic N) is 4. The first kappa shape index (κ1) is 17.3. The lowest BCUT2D eigenvalue weighted by Gasteiger charge is -2.35. The van der Waals surface area contributed by atoms with E-state index in [1.54, 1.807) is 13.2 Å². The Balaban J connectivity index is 1.42. The van der Waals surface area contributed by atoms with Crippen LogP contribution in [0.15, 0.2) is 48.8 Å². The summed E-state index contributed by atoms with van der Waals surface area (Å²) in [5.41, 5.74) is 4.79. The number of benzene rings is 1. The van der Waals surface area contributed by atoms with E-state index in [-0.39, 0.29) is 0 Å². The van der Waals surface area contributed by atoms with Crippen LogP contribution in [0.4, 0.5) is 0 Å². The van der Waals surface area contributed by atoms with E-state index in [2.05, 4.69) is 46.1 Å². The van der Waals surface area contributed by atoms with Crippen molar-refractivity contribution in [3.63, 3.8) is 0 Å². The third kappa shape index (κ3) is 3.43. The molecule has 5 nitrogen and oxygen atoms in total. The molecular formula is C22H22N4O. The minimum atomic E-state index is 0.429. The largest absolute Gasteiger partial charge is 0.496 e. The summed E-state index contributed by atoms with van der Waals surface area (Å²) in [5, 5.41) is 13.6. The van der Waals surface area contributed by atoms with E-state index in [4.69, 9.17) is 10.00 Å². The first-order valence-electron chi connectivity index (χ1n) is 9.22. The van der Waals surface area contributed by atoms with Crippen LogP contribution in [0.1, 0.15) is 35.8 Å². The highest BCUT2D eigenvalue weighted by Crippen LogP contribution is 2.40. The van der Waals surface area contributed by atoms with E-state index in [9.17, 15) is 0 Å². The van der Waals surface area contributed by atoms with Crippen LogP contribution in [0.5, 0.6) is 5.75 Å². The Morgan fingerprint density at radius 2 is 2.04 bits per heavy atom. The highest BCUT2D eigenvalue weighted by atomic mass is 16.5. The maximum Gasteiger partial charge on any atom is 0.140 e. The van der Waals surface area contributed by atoms with Crippen molar-refractivity contribution in [2.75, 3.05) is 7.11 Å². The lowest BCUT2D eigenvalue weighted by Crippen LogP contribution is -2.28. The fourth-order valence-corrected chi connectivity index (χ4v) is 3.86. The molecule has 0 amide bonds. The molecule has 0 atom stereocenters. The van der Waals surface area contributed by atoms with Gasteiger partial charge in [-0.15, -0.1) is 0 Å². The van der Waals surface area contributed by atoms with Crippen molar-refractivity contribution in [2.24, 2.45) is 5.92 Å². The Bertz CT molecular complexity index is 996. The van der Waals surface area contributed by atoms with Crippen LogP contribution < -0.4 is 4.74 Å². The number of pyridine rings is 1. The molecule has 4 rings (SSSR count). The molecule has 1 aliphatic carbocycles. The second-order valence-electron chi connectivity index (χ2n) is 7.19. The molecule has 0 saturated heterocycles. The summed E-state index contributed by atoms with van der Waals surface area (Å²) < 4.78 is 7.65. The number of aryl methyl sites for hydroxylation is 1. The van der Waals surface area contributed by atoms with Gasteiger partial charge in [0.15, 0.2) is 0 Å². The van der Waals surface area contributed by atoms with Gasteiger partial charge in [-0.2, -0.15) is 10.4 Å². The van der Waals surface area contributed by atoms with Crippen molar-refractivity contribution >= 4 is 0 Å². The number of hydrogen-bond acceptors (Lipinski definition) is 4. The molecule has 0 N–H and O–H groups in total. The SMILES string of the molecule is COc1c(C)cccc1-c1cnn(C2CC(Cc3cccc(C#N)n3)C2)c1. The third-order valence-electron chi connectivity index (χ3n) is 5.33. The fourth-order valence-electron chi connectivity index (χ4n) is 3.86. The number of para-hydroxylation sites is 1. The fraction of sp³-hybridized carbons (Fsp3) is 0.318. The molecule has 136 valence electrons. The zero-order valence-corrected chi connectivity index (χ0v) is 15.6. The van der Waals surface area contributed by atoms with Gasteiger partial charge in [0.2, 0.25) is 0 Å². The van der Waals surface area contributed by atoms with Gasteiger partial charge in [0.25, 0.3) is 0 Å². The second kappa shape index (κ2) is 7.24. The summed E-state index contributed by atoms with van der Waals surface area (Å²) in [5.74, 6) is 1.50. The molecule has 0 bridgehead atoms. The minimum absolute atomic E-state index is 0.429. The lowest BCUT2D eigenvalue weighted by molar-refractivity contribution is 0.182. The average Bonchev–Trinajstić information content (AvgIpc) is 3.13. The summed E-state index contributed by atoms with van der Waals surface area (Å²) in [4.78, 5) is 4.38. The predicted octanol–water partition coefficient (Wildman–Crippen LogP) is 4.33. The Labute approximate surface area is 159 Å². The number of aromatic nitrogens is 3. The monoisotopic (exact) mass is 358 g/mol. The summed E-state index contributed by atoms with van der Waals surface area (Å²) in [7, 11) is 1.71. The van der Waals surface area contributed by atoms with Crippen LogP contribution in [-0.2, 0) is 6.42 Å². The van der Waals surface area contributed by atoms with E-state index in [0.29, 0.717) is 17.7 Å². The maximum absolute atomic E-state index is 8.98. The Hall–Kier alpha value is -3.13. The van der Waals surface area contributed by atoms with E-state index in [1.165, 1.54) is 0 Å². The first-order chi connectivity index (χ1) is 13.2. The van der Waals surface area contributed by atoms with Crippen molar-refractivity contribution in [2.45, 2.75) is 32.2 Å². The van der Waals surface area contributed by atoms with Crippen molar-refractivity contribution < 1.29 is 4.74 Å². The Morgan fingerprint density at radius 1 is 1.22 bits per heavy atom. The van der Waals surface area contributed by atoms with Crippen LogP contribution in [0.2, 0.25) is 0 Å². The zero-order chi connectivity index (χ0) is 18.8. The van der Waals surface area contributed by atoms with Crippen LogP contribution in [0.25, 0.3) is 11.1 Å². The molecule has 1 aliphatic rings. The molecule has 0 unspecified atom stereocenters. The van der Waals surface area contributed by atoms with Crippen molar-refractivity contribution in [1.82, 2.24) is 14.8 Å². The summed E-state index contributed by atoms with van der Waals surface area (Å²) in [6.07, 6.45) is 7.14. The first-order valence-corrected chi connectivity index (χ1v) is 9.22. The van der Waals surface area contributed by atoms with Crippen molar-refractivity contribution in [3.05, 3.63) is 65.7 Å². The third-order valence-corrected chi connectivity index (χ3v) is 5.33. The second-order valence-corrected chi connectivity index (χ2v) is 7.19. The van der Waals surface area contributed by atoms with Crippen LogP contribution >= 0.6 is 0 Å². The van der Waals surface area contributed by atoms with Crippen LogP contribution in [0.3, 0.4) is 0 Å². The zero-order valence-electron chi connectivity index (χ0n) is 15.6. The van der Waals surface area contributed by atoms with Crippen molar-refractivity contribution in [3.8, 4) is 22.9 Å². The lowest BCUT2D eigenvalue weighted by atomic mass is 9.77. The minimum Gasteiger partial charge on any atom is -0.496 e. The molecule has 1 aromatic carbocycles. The Morgan fingerprint density at radius 3 is 2.81 bits per heavy atom. The van der Waals surface area contributed by atoms with Gasteiger partial charge in [-0.05, 0) is 49.8 Å². The standard InChI is InChI=1S/C22H22N4O/c1-15-5-3-8-21(22(15)27-2)17-13-24-26(14-17)20-10-16(11-20)9-18-6-4-7-19(12-23)25-18/h3-8,13-14,16,20H,9-11H2,1-2H3. The molecular weight excluding hydrogens is 336 g/mol. The molecule has 0 aliphatic heterocycles. The van der Waals surface area contributed by atoms with Crippen molar-refractivity contribution in [1.29, 1.82) is 5.26 Å². The van der Waals surface area contributed by atoms with Gasteiger partial charge in [0, 0.05) is 23.0 Å². The van der Waals surface area contributed by atoms with Gasteiger partial charge in [0.1, 0.15) is 17.5 Å². The Kier molecular flexibility index (Phi) is 4.64. The number of rotatable bonds is 5. The number of methoxy groups -OCH3 is 1. The molecule has 1 fully saturated rings. The predicted molar refractivity (Wildman–Crippen MR) is 103 cm³/mol.